The second-order valence-corrected chi connectivity index (χ2v) is 2.77. The summed E-state index contributed by atoms with van der Waals surface area (Å²) < 4.78 is 0. The number of rotatable bonds is 4. The number of aromatic amines is 1. The Morgan fingerprint density at radius 2 is 2.00 bits per heavy atom. The van der Waals surface area contributed by atoms with Gasteiger partial charge in [0.2, 0.25) is 0 Å². The van der Waals surface area contributed by atoms with Crippen molar-refractivity contribution in [2.75, 3.05) is 0 Å². The summed E-state index contributed by atoms with van der Waals surface area (Å²) in [6.07, 6.45) is 4.41. The van der Waals surface area contributed by atoms with Crippen LogP contribution in [0.1, 0.15) is 38.1 Å². The van der Waals surface area contributed by atoms with Gasteiger partial charge in [0.1, 0.15) is 0 Å². The van der Waals surface area contributed by atoms with E-state index in [1.165, 1.54) is 0 Å². The van der Waals surface area contributed by atoms with Crippen molar-refractivity contribution in [3.8, 4) is 0 Å². The van der Waals surface area contributed by atoms with Crippen LogP contribution in [0.2, 0.25) is 0 Å². The summed E-state index contributed by atoms with van der Waals surface area (Å²) in [5, 5.41) is 7.13. The number of H-pyrrole nitrogens is 1. The first kappa shape index (κ1) is 8.31. The van der Waals surface area contributed by atoms with Gasteiger partial charge in [0.25, 0.3) is 0 Å². The fourth-order valence-electron chi connectivity index (χ4n) is 1.09. The minimum absolute atomic E-state index is 1.04. The number of nitrogens with zero attached hydrogens (tertiary/aromatic N) is 1. The molecule has 0 saturated heterocycles. The zero-order valence-electron chi connectivity index (χ0n) is 7.28. The molecule has 61 valence electrons. The van der Waals surface area contributed by atoms with Gasteiger partial charge < -0.3 is 0 Å². The predicted octanol–water partition coefficient (Wildman–Crippen LogP) is 2.11. The van der Waals surface area contributed by atoms with Crippen LogP contribution in [-0.2, 0) is 12.8 Å². The van der Waals surface area contributed by atoms with Gasteiger partial charge in [-0.3, -0.25) is 5.10 Å². The number of hydrogen-bond acceptors (Lipinski definition) is 1. The van der Waals surface area contributed by atoms with Gasteiger partial charge in [0.15, 0.2) is 0 Å². The summed E-state index contributed by atoms with van der Waals surface area (Å²) in [5.74, 6) is 0. The average Bonchev–Trinajstić information content (AvgIpc) is 2.38. The largest absolute Gasteiger partial charge is 0.282 e. The van der Waals surface area contributed by atoms with Crippen LogP contribution in [0.3, 0.4) is 0 Å². The molecule has 0 spiro atoms. The highest BCUT2D eigenvalue weighted by Crippen LogP contribution is 2.02. The van der Waals surface area contributed by atoms with E-state index in [0.29, 0.717) is 0 Å². The number of hydrogen-bond donors (Lipinski definition) is 1. The maximum Gasteiger partial charge on any atom is 0.0704 e. The Hall–Kier alpha value is -0.790. The first-order chi connectivity index (χ1) is 5.36. The van der Waals surface area contributed by atoms with E-state index >= 15 is 0 Å². The third kappa shape index (κ3) is 2.37. The lowest BCUT2D eigenvalue weighted by Gasteiger charge is -1.86. The molecule has 1 aromatic heterocycles. The molecular weight excluding hydrogens is 136 g/mol. The maximum absolute atomic E-state index is 4.14. The molecule has 0 aromatic carbocycles. The maximum atomic E-state index is 4.14. The molecule has 1 N–H and O–H groups in total. The van der Waals surface area contributed by atoms with Crippen LogP contribution in [0, 0.1) is 6.07 Å². The van der Waals surface area contributed by atoms with Gasteiger partial charge in [0, 0.05) is 11.8 Å². The molecule has 0 saturated carbocycles. The van der Waals surface area contributed by atoms with E-state index in [-0.39, 0.29) is 0 Å². The molecule has 1 rings (SSSR count). The van der Waals surface area contributed by atoms with Gasteiger partial charge in [-0.1, -0.05) is 26.7 Å². The van der Waals surface area contributed by atoms with E-state index in [2.05, 4.69) is 30.1 Å². The van der Waals surface area contributed by atoms with Gasteiger partial charge in [-0.25, -0.2) is 0 Å². The quantitative estimate of drug-likeness (QED) is 0.701. The van der Waals surface area contributed by atoms with Crippen molar-refractivity contribution < 1.29 is 0 Å². The molecule has 0 fully saturated rings. The lowest BCUT2D eigenvalue weighted by molar-refractivity contribution is 0.845. The molecule has 0 unspecified atom stereocenters. The molecular formula is C9H15N2. The first-order valence-electron chi connectivity index (χ1n) is 4.32. The Morgan fingerprint density at radius 1 is 1.27 bits per heavy atom. The summed E-state index contributed by atoms with van der Waals surface area (Å²) in [5.41, 5.74) is 2.23. The fraction of sp³-hybridized carbons (Fsp3) is 0.667. The van der Waals surface area contributed by atoms with E-state index in [1.807, 2.05) is 0 Å². The van der Waals surface area contributed by atoms with Crippen LogP contribution in [-0.4, -0.2) is 10.2 Å². The molecule has 2 nitrogen and oxygen atoms in total. The van der Waals surface area contributed by atoms with Crippen molar-refractivity contribution in [1.29, 1.82) is 0 Å². The average molecular weight is 151 g/mol. The highest BCUT2D eigenvalue weighted by molar-refractivity contribution is 5.06. The molecule has 1 radical (unpaired) electrons. The monoisotopic (exact) mass is 151 g/mol. The molecule has 0 aliphatic heterocycles. The van der Waals surface area contributed by atoms with Crippen LogP contribution in [0.4, 0.5) is 0 Å². The van der Waals surface area contributed by atoms with Crippen molar-refractivity contribution in [2.24, 2.45) is 0 Å². The first-order valence-corrected chi connectivity index (χ1v) is 4.32. The Bertz CT molecular complexity index is 183. The molecule has 0 aliphatic rings. The number of aromatic nitrogens is 2. The van der Waals surface area contributed by atoms with Crippen molar-refractivity contribution in [1.82, 2.24) is 10.2 Å². The van der Waals surface area contributed by atoms with Crippen LogP contribution in [0.15, 0.2) is 0 Å². The van der Waals surface area contributed by atoms with Gasteiger partial charge >= 0.3 is 0 Å². The predicted molar refractivity (Wildman–Crippen MR) is 45.4 cm³/mol. The normalized spacial score (nSPS) is 10.4. The minimum Gasteiger partial charge on any atom is -0.282 e. The smallest absolute Gasteiger partial charge is 0.0704 e. The summed E-state index contributed by atoms with van der Waals surface area (Å²) in [4.78, 5) is 0. The van der Waals surface area contributed by atoms with Crippen LogP contribution >= 0.6 is 0 Å². The SMILES string of the molecule is CCCc1[c]c(CCC)[nH]n1. The van der Waals surface area contributed by atoms with Crippen LogP contribution in [0.25, 0.3) is 0 Å². The molecule has 0 aliphatic carbocycles. The summed E-state index contributed by atoms with van der Waals surface area (Å²) in [7, 11) is 0. The second kappa shape index (κ2) is 4.16. The van der Waals surface area contributed by atoms with Gasteiger partial charge in [-0.15, -0.1) is 0 Å². The number of aryl methyl sites for hydroxylation is 2. The Balaban J connectivity index is 2.51. The highest BCUT2D eigenvalue weighted by atomic mass is 15.1. The van der Waals surface area contributed by atoms with E-state index in [1.54, 1.807) is 0 Å². The Kier molecular flexibility index (Phi) is 3.14. The van der Waals surface area contributed by atoms with Crippen molar-refractivity contribution >= 4 is 0 Å². The lowest BCUT2D eigenvalue weighted by atomic mass is 10.2. The van der Waals surface area contributed by atoms with Crippen molar-refractivity contribution in [3.05, 3.63) is 17.5 Å². The number of nitrogens with one attached hydrogen (secondary N) is 1. The zero-order valence-corrected chi connectivity index (χ0v) is 7.28. The Morgan fingerprint density at radius 3 is 2.64 bits per heavy atom. The van der Waals surface area contributed by atoms with E-state index in [9.17, 15) is 0 Å². The molecule has 11 heavy (non-hydrogen) atoms. The Labute approximate surface area is 68.0 Å². The molecule has 1 heterocycles. The van der Waals surface area contributed by atoms with Crippen LogP contribution in [0.5, 0.6) is 0 Å². The summed E-state index contributed by atoms with van der Waals surface area (Å²) in [6.45, 7) is 4.32. The third-order valence-electron chi connectivity index (χ3n) is 1.61. The van der Waals surface area contributed by atoms with Gasteiger partial charge in [-0.2, -0.15) is 5.10 Å². The van der Waals surface area contributed by atoms with E-state index in [4.69, 9.17) is 0 Å². The third-order valence-corrected chi connectivity index (χ3v) is 1.61. The highest BCUT2D eigenvalue weighted by Gasteiger charge is 1.98. The molecule has 0 amide bonds. The lowest BCUT2D eigenvalue weighted by Crippen LogP contribution is -1.81. The van der Waals surface area contributed by atoms with Gasteiger partial charge in [-0.05, 0) is 12.8 Å². The van der Waals surface area contributed by atoms with Crippen LogP contribution < -0.4 is 0 Å². The molecule has 0 atom stereocenters. The van der Waals surface area contributed by atoms with Crippen molar-refractivity contribution in [3.63, 3.8) is 0 Å². The van der Waals surface area contributed by atoms with Crippen molar-refractivity contribution in [2.45, 2.75) is 39.5 Å². The topological polar surface area (TPSA) is 28.7 Å². The molecule has 1 aromatic rings. The minimum atomic E-state index is 1.04. The van der Waals surface area contributed by atoms with E-state index < -0.39 is 0 Å². The fourth-order valence-corrected chi connectivity index (χ4v) is 1.09. The van der Waals surface area contributed by atoms with E-state index in [0.717, 1.165) is 37.1 Å². The van der Waals surface area contributed by atoms with Gasteiger partial charge in [0.05, 0.1) is 5.69 Å². The summed E-state index contributed by atoms with van der Waals surface area (Å²) in [6, 6.07) is 3.25. The standard InChI is InChI=1S/C9H15N2/c1-3-5-8-7-9(6-4-2)11-10-8/h3-6H2,1-2H3,(H,10,11). The summed E-state index contributed by atoms with van der Waals surface area (Å²) >= 11 is 0. The second-order valence-electron chi connectivity index (χ2n) is 2.77. The molecule has 2 heteroatoms. The molecule has 0 bridgehead atoms. The zero-order chi connectivity index (χ0) is 8.10.